The number of ether oxygens (including phenoxy) is 10. The highest BCUT2D eigenvalue weighted by atomic mass is 16.7. The van der Waals surface area contributed by atoms with E-state index >= 15 is 0 Å². The summed E-state index contributed by atoms with van der Waals surface area (Å²) in [5.41, 5.74) is 5.79. The summed E-state index contributed by atoms with van der Waals surface area (Å²) in [6.45, 7) is 5.51. The van der Waals surface area contributed by atoms with Gasteiger partial charge in [-0.15, -0.1) is 0 Å². The van der Waals surface area contributed by atoms with Crippen molar-refractivity contribution >= 4 is 30.0 Å². The molecule has 2 N–H and O–H groups in total. The lowest BCUT2D eigenvalue weighted by molar-refractivity contribution is -0.282. The van der Waals surface area contributed by atoms with Crippen LogP contribution in [0.5, 0.6) is 5.75 Å². The Balaban J connectivity index is 0.989. The summed E-state index contributed by atoms with van der Waals surface area (Å²) in [6.07, 6.45) is -7.08. The molecule has 61 heavy (non-hydrogen) atoms. The number of hydrogen-bond acceptors (Lipinski definition) is 16. The van der Waals surface area contributed by atoms with E-state index in [1.165, 1.54) is 11.1 Å². The van der Waals surface area contributed by atoms with Crippen LogP contribution in [0, 0.1) is 0 Å². The first-order chi connectivity index (χ1) is 29.5. The third kappa shape index (κ3) is 13.2. The molecular formula is C44H53NO16. The Morgan fingerprint density at radius 3 is 1.89 bits per heavy atom. The van der Waals surface area contributed by atoms with Gasteiger partial charge in [0.25, 0.3) is 0 Å². The van der Waals surface area contributed by atoms with E-state index in [2.05, 4.69) is 29.6 Å². The van der Waals surface area contributed by atoms with Crippen molar-refractivity contribution in [1.29, 1.82) is 0 Å². The van der Waals surface area contributed by atoms with Gasteiger partial charge in [0.1, 0.15) is 12.4 Å². The predicted octanol–water partition coefficient (Wildman–Crippen LogP) is 3.77. The Hall–Kier alpha value is -5.59. The Bertz CT molecular complexity index is 1910. The van der Waals surface area contributed by atoms with Gasteiger partial charge in [0.15, 0.2) is 18.3 Å². The van der Waals surface area contributed by atoms with Crippen LogP contribution >= 0.6 is 0 Å². The van der Waals surface area contributed by atoms with Crippen LogP contribution in [0.25, 0.3) is 11.1 Å². The summed E-state index contributed by atoms with van der Waals surface area (Å²) in [5, 5.41) is 12.8. The van der Waals surface area contributed by atoms with Crippen LogP contribution in [0.3, 0.4) is 0 Å². The van der Waals surface area contributed by atoms with Gasteiger partial charge in [0.05, 0.1) is 46.8 Å². The molecule has 5 rings (SSSR count). The number of hydrogen-bond donors (Lipinski definition) is 2. The smallest absolute Gasteiger partial charge is 0.407 e. The molecule has 1 heterocycles. The fourth-order valence-electron chi connectivity index (χ4n) is 7.09. The maximum Gasteiger partial charge on any atom is 0.407 e. The molecule has 1 fully saturated rings. The van der Waals surface area contributed by atoms with E-state index in [0.29, 0.717) is 64.6 Å². The van der Waals surface area contributed by atoms with Crippen molar-refractivity contribution in [2.45, 2.75) is 76.8 Å². The number of benzene rings is 3. The molecule has 1 amide bonds. The van der Waals surface area contributed by atoms with Crippen LogP contribution in [0.4, 0.5) is 4.79 Å². The van der Waals surface area contributed by atoms with Crippen molar-refractivity contribution in [3.05, 3.63) is 89.0 Å². The maximum atomic E-state index is 12.8. The molecule has 0 spiro atoms. The SMILES string of the molecule is COC(=O)[C@H]1O[C@@H](Oc2cc(CCCOCCOCCOCCNC(=O)OCC3c4ccccc4-c4ccccc43)ccc2CO)[C@H](OC(C)=O)[C@@H](OC(C)=O)[C@@H]1OC(C)=O. The number of aliphatic hydroxyl groups is 1. The lowest BCUT2D eigenvalue weighted by Crippen LogP contribution is -2.64. The lowest BCUT2D eigenvalue weighted by Gasteiger charge is -2.43. The van der Waals surface area contributed by atoms with Crippen molar-refractivity contribution < 1.29 is 76.4 Å². The molecule has 17 nitrogen and oxygen atoms in total. The van der Waals surface area contributed by atoms with Gasteiger partial charge in [-0.2, -0.15) is 0 Å². The number of esters is 4. The summed E-state index contributed by atoms with van der Waals surface area (Å²) in [5.74, 6) is -3.28. The largest absolute Gasteiger partial charge is 0.467 e. The van der Waals surface area contributed by atoms with Gasteiger partial charge in [0.2, 0.25) is 12.4 Å². The van der Waals surface area contributed by atoms with Crippen LogP contribution in [-0.4, -0.2) is 126 Å². The number of carbonyl (C=O) groups is 5. The van der Waals surface area contributed by atoms with E-state index in [-0.39, 0.29) is 18.3 Å². The second kappa shape index (κ2) is 23.4. The van der Waals surface area contributed by atoms with Crippen molar-refractivity contribution in [3.63, 3.8) is 0 Å². The molecule has 17 heteroatoms. The zero-order valence-electron chi connectivity index (χ0n) is 34.7. The van der Waals surface area contributed by atoms with Crippen LogP contribution < -0.4 is 10.1 Å². The van der Waals surface area contributed by atoms with E-state index in [1.807, 2.05) is 24.3 Å². The van der Waals surface area contributed by atoms with Crippen LogP contribution in [-0.2, 0) is 74.8 Å². The van der Waals surface area contributed by atoms with Crippen molar-refractivity contribution in [2.75, 3.05) is 59.9 Å². The minimum Gasteiger partial charge on any atom is -0.467 e. The number of nitrogens with one attached hydrogen (secondary N) is 1. The van der Waals surface area contributed by atoms with Gasteiger partial charge in [-0.3, -0.25) is 14.4 Å². The van der Waals surface area contributed by atoms with E-state index in [9.17, 15) is 29.1 Å². The summed E-state index contributed by atoms with van der Waals surface area (Å²) in [7, 11) is 1.09. The van der Waals surface area contributed by atoms with Crippen LogP contribution in [0.15, 0.2) is 66.7 Å². The van der Waals surface area contributed by atoms with Gasteiger partial charge >= 0.3 is 30.0 Å². The van der Waals surface area contributed by atoms with E-state index < -0.39 is 67.3 Å². The van der Waals surface area contributed by atoms with Crippen molar-refractivity contribution in [3.8, 4) is 16.9 Å². The number of methoxy groups -OCH3 is 1. The third-order valence-corrected chi connectivity index (χ3v) is 9.74. The molecule has 1 saturated heterocycles. The highest BCUT2D eigenvalue weighted by Crippen LogP contribution is 2.44. The normalized spacial score (nSPS) is 19.2. The fourth-order valence-corrected chi connectivity index (χ4v) is 7.09. The molecular weight excluding hydrogens is 798 g/mol. The molecule has 0 unspecified atom stereocenters. The summed E-state index contributed by atoms with van der Waals surface area (Å²) < 4.78 is 55.3. The zero-order chi connectivity index (χ0) is 43.7. The molecule has 330 valence electrons. The monoisotopic (exact) mass is 851 g/mol. The molecule has 0 aromatic heterocycles. The molecule has 0 radical (unpaired) electrons. The van der Waals surface area contributed by atoms with Gasteiger partial charge in [-0.25, -0.2) is 9.59 Å². The molecule has 1 aliphatic heterocycles. The first-order valence-corrected chi connectivity index (χ1v) is 20.0. The maximum absolute atomic E-state index is 12.8. The van der Waals surface area contributed by atoms with Crippen molar-refractivity contribution in [2.24, 2.45) is 0 Å². The Morgan fingerprint density at radius 2 is 1.28 bits per heavy atom. The second-order valence-electron chi connectivity index (χ2n) is 14.1. The zero-order valence-corrected chi connectivity index (χ0v) is 34.7. The number of alkyl carbamates (subject to hydrolysis) is 1. The van der Waals surface area contributed by atoms with Gasteiger partial charge in [-0.05, 0) is 46.7 Å². The van der Waals surface area contributed by atoms with Gasteiger partial charge in [0, 0.05) is 45.4 Å². The Kier molecular flexibility index (Phi) is 17.8. The third-order valence-electron chi connectivity index (χ3n) is 9.74. The average Bonchev–Trinajstić information content (AvgIpc) is 3.56. The standard InChI is InChI=1S/C44H53NO16/c1-27(47)57-38-39(58-28(2)48)41(59-29(3)49)43(61-40(38)42(50)52-4)60-37-24-30(15-16-31(37)25-46)10-9-18-53-20-22-55-23-21-54-19-17-45-44(51)56-26-36-34-13-7-5-11-32(34)33-12-6-8-14-35(33)36/h5-8,11-16,24,36,38-41,43,46H,9-10,17-23,25-26H2,1-4H3,(H,45,51)/t38-,39-,40-,41+,43+/m0/s1. The van der Waals surface area contributed by atoms with Crippen LogP contribution in [0.1, 0.15) is 55.4 Å². The number of carbonyl (C=O) groups excluding carboxylic acids is 5. The quantitative estimate of drug-likeness (QED) is 0.0837. The minimum atomic E-state index is -1.63. The van der Waals surface area contributed by atoms with E-state index in [4.69, 9.17) is 47.4 Å². The summed E-state index contributed by atoms with van der Waals surface area (Å²) in [6, 6.07) is 21.4. The fraction of sp³-hybridized carbons (Fsp3) is 0.477. The molecule has 3 aromatic carbocycles. The van der Waals surface area contributed by atoms with Gasteiger partial charge in [-0.1, -0.05) is 60.7 Å². The summed E-state index contributed by atoms with van der Waals surface area (Å²) >= 11 is 0. The lowest BCUT2D eigenvalue weighted by atomic mass is 9.97. The predicted molar refractivity (Wildman–Crippen MR) is 214 cm³/mol. The highest BCUT2D eigenvalue weighted by Gasteiger charge is 2.56. The Morgan fingerprint density at radius 1 is 0.705 bits per heavy atom. The number of fused-ring (bicyclic) bond motifs is 3. The number of aryl methyl sites for hydroxylation is 1. The number of rotatable bonds is 22. The first kappa shape index (κ1) is 46.5. The summed E-state index contributed by atoms with van der Waals surface area (Å²) in [4.78, 5) is 61.4. The van der Waals surface area contributed by atoms with E-state index in [1.54, 1.807) is 18.2 Å². The van der Waals surface area contributed by atoms with Crippen molar-refractivity contribution in [1.82, 2.24) is 5.32 Å². The second-order valence-corrected chi connectivity index (χ2v) is 14.1. The minimum absolute atomic E-state index is 0.00805. The molecule has 1 aliphatic carbocycles. The number of amides is 1. The average molecular weight is 852 g/mol. The first-order valence-electron chi connectivity index (χ1n) is 20.0. The molecule has 2 aliphatic rings. The number of aliphatic hydroxyl groups excluding tert-OH is 1. The van der Waals surface area contributed by atoms with Gasteiger partial charge < -0.3 is 57.8 Å². The molecule has 3 aromatic rings. The molecule has 0 saturated carbocycles. The topological polar surface area (TPSA) is 210 Å². The Labute approximate surface area is 353 Å². The van der Waals surface area contributed by atoms with Crippen LogP contribution in [0.2, 0.25) is 0 Å². The highest BCUT2D eigenvalue weighted by molar-refractivity contribution is 5.79. The van der Waals surface area contributed by atoms with E-state index in [0.717, 1.165) is 44.6 Å². The molecule has 5 atom stereocenters. The molecule has 0 bridgehead atoms.